The first kappa shape index (κ1) is 13.7. The van der Waals surface area contributed by atoms with Crippen LogP contribution in [0.15, 0.2) is 42.5 Å². The Morgan fingerprint density at radius 3 is 2.48 bits per heavy atom. The second kappa shape index (κ2) is 5.24. The van der Waals surface area contributed by atoms with Crippen LogP contribution < -0.4 is 5.73 Å². The van der Waals surface area contributed by atoms with E-state index in [1.165, 1.54) is 11.1 Å². The lowest BCUT2D eigenvalue weighted by Crippen LogP contribution is -2.06. The summed E-state index contributed by atoms with van der Waals surface area (Å²) in [6.07, 6.45) is 0. The van der Waals surface area contributed by atoms with Crippen molar-refractivity contribution in [3.05, 3.63) is 48.0 Å². The fourth-order valence-corrected chi connectivity index (χ4v) is 2.64. The van der Waals surface area contributed by atoms with Crippen molar-refractivity contribution in [2.45, 2.75) is 27.3 Å². The van der Waals surface area contributed by atoms with Gasteiger partial charge in [-0.15, -0.1) is 0 Å². The predicted octanol–water partition coefficient (Wildman–Crippen LogP) is 4.25. The van der Waals surface area contributed by atoms with Crippen LogP contribution in [-0.2, 0) is 6.54 Å². The van der Waals surface area contributed by atoms with Crippen LogP contribution >= 0.6 is 0 Å². The number of nitrogens with two attached hydrogens (primary N) is 1. The van der Waals surface area contributed by atoms with Gasteiger partial charge in [0.15, 0.2) is 0 Å². The van der Waals surface area contributed by atoms with Gasteiger partial charge < -0.3 is 10.3 Å². The zero-order chi connectivity index (χ0) is 15.0. The number of aromatic nitrogens is 2. The van der Waals surface area contributed by atoms with Gasteiger partial charge in [-0.3, -0.25) is 0 Å². The minimum Gasteiger partial charge on any atom is -0.399 e. The minimum absolute atomic E-state index is 0.566. The summed E-state index contributed by atoms with van der Waals surface area (Å²) in [4.78, 5) is 4.85. The van der Waals surface area contributed by atoms with Crippen LogP contribution in [0.3, 0.4) is 0 Å². The molecule has 0 radical (unpaired) electrons. The molecule has 0 unspecified atom stereocenters. The summed E-state index contributed by atoms with van der Waals surface area (Å²) in [5, 5.41) is 0. The molecular formula is C18H21N3. The highest BCUT2D eigenvalue weighted by atomic mass is 15.1. The van der Waals surface area contributed by atoms with Crippen LogP contribution in [0.4, 0.5) is 5.69 Å². The van der Waals surface area contributed by atoms with Gasteiger partial charge in [-0.25, -0.2) is 4.98 Å². The van der Waals surface area contributed by atoms with Crippen LogP contribution in [0, 0.1) is 12.8 Å². The molecule has 108 valence electrons. The fourth-order valence-electron chi connectivity index (χ4n) is 2.64. The van der Waals surface area contributed by atoms with E-state index in [2.05, 4.69) is 43.5 Å². The molecule has 2 aromatic carbocycles. The van der Waals surface area contributed by atoms with Crippen LogP contribution in [0.2, 0.25) is 0 Å². The number of nitrogen functional groups attached to an aromatic ring is 1. The van der Waals surface area contributed by atoms with Gasteiger partial charge in [0.05, 0.1) is 11.0 Å². The summed E-state index contributed by atoms with van der Waals surface area (Å²) < 4.78 is 2.31. The van der Waals surface area contributed by atoms with Crippen molar-refractivity contribution < 1.29 is 0 Å². The Bertz CT molecular complexity index is 767. The van der Waals surface area contributed by atoms with Gasteiger partial charge in [-0.05, 0) is 54.8 Å². The average Bonchev–Trinajstić information content (AvgIpc) is 2.77. The van der Waals surface area contributed by atoms with Gasteiger partial charge in [0.1, 0.15) is 5.82 Å². The highest BCUT2D eigenvalue weighted by molar-refractivity contribution is 5.81. The van der Waals surface area contributed by atoms with Crippen molar-refractivity contribution >= 4 is 16.7 Å². The first-order chi connectivity index (χ1) is 10.0. The van der Waals surface area contributed by atoms with E-state index in [1.807, 2.05) is 24.3 Å². The molecule has 0 amide bonds. The van der Waals surface area contributed by atoms with Crippen LogP contribution in [0.5, 0.6) is 0 Å². The largest absolute Gasteiger partial charge is 0.399 e. The second-order valence-electron chi connectivity index (χ2n) is 6.05. The molecule has 3 aromatic rings. The molecule has 0 atom stereocenters. The van der Waals surface area contributed by atoms with E-state index in [0.717, 1.165) is 29.1 Å². The standard InChI is InChI=1S/C18H21N3/c1-12(2)11-21-17-9-4-13(3)10-16(17)20-18(21)14-5-7-15(19)8-6-14/h4-10,12H,11,19H2,1-3H3. The molecule has 0 aliphatic carbocycles. The number of fused-ring (bicyclic) bond motifs is 1. The van der Waals surface area contributed by atoms with Gasteiger partial charge in [-0.1, -0.05) is 19.9 Å². The Labute approximate surface area is 125 Å². The van der Waals surface area contributed by atoms with Crippen LogP contribution in [-0.4, -0.2) is 9.55 Å². The summed E-state index contributed by atoms with van der Waals surface area (Å²) in [7, 11) is 0. The van der Waals surface area contributed by atoms with E-state index in [1.54, 1.807) is 0 Å². The molecule has 21 heavy (non-hydrogen) atoms. The lowest BCUT2D eigenvalue weighted by atomic mass is 10.1. The number of aryl methyl sites for hydroxylation is 1. The van der Waals surface area contributed by atoms with Gasteiger partial charge >= 0.3 is 0 Å². The van der Waals surface area contributed by atoms with E-state index in [-0.39, 0.29) is 0 Å². The summed E-state index contributed by atoms with van der Waals surface area (Å²) in [5.74, 6) is 1.58. The van der Waals surface area contributed by atoms with Crippen molar-refractivity contribution in [1.29, 1.82) is 0 Å². The zero-order valence-electron chi connectivity index (χ0n) is 12.8. The van der Waals surface area contributed by atoms with Crippen LogP contribution in [0.25, 0.3) is 22.4 Å². The van der Waals surface area contributed by atoms with Gasteiger partial charge in [0, 0.05) is 17.8 Å². The van der Waals surface area contributed by atoms with Crippen molar-refractivity contribution in [2.24, 2.45) is 5.92 Å². The van der Waals surface area contributed by atoms with Gasteiger partial charge in [0.2, 0.25) is 0 Å². The Hall–Kier alpha value is -2.29. The summed E-state index contributed by atoms with van der Waals surface area (Å²) >= 11 is 0. The molecule has 0 saturated carbocycles. The van der Waals surface area contributed by atoms with E-state index < -0.39 is 0 Å². The normalized spacial score (nSPS) is 11.4. The highest BCUT2D eigenvalue weighted by Crippen LogP contribution is 2.27. The fraction of sp³-hybridized carbons (Fsp3) is 0.278. The minimum atomic E-state index is 0.566. The molecule has 1 aromatic heterocycles. The number of benzene rings is 2. The number of anilines is 1. The maximum atomic E-state index is 5.79. The summed E-state index contributed by atoms with van der Waals surface area (Å²) in [5.41, 5.74) is 11.2. The average molecular weight is 279 g/mol. The smallest absolute Gasteiger partial charge is 0.141 e. The SMILES string of the molecule is Cc1ccc2c(c1)nc(-c1ccc(N)cc1)n2CC(C)C. The first-order valence-electron chi connectivity index (χ1n) is 7.37. The Morgan fingerprint density at radius 2 is 1.81 bits per heavy atom. The molecule has 0 spiro atoms. The lowest BCUT2D eigenvalue weighted by molar-refractivity contribution is 0.536. The zero-order valence-corrected chi connectivity index (χ0v) is 12.8. The lowest BCUT2D eigenvalue weighted by Gasteiger charge is -2.12. The summed E-state index contributed by atoms with van der Waals surface area (Å²) in [6, 6.07) is 14.4. The number of hydrogen-bond acceptors (Lipinski definition) is 2. The van der Waals surface area contributed by atoms with Crippen molar-refractivity contribution in [3.8, 4) is 11.4 Å². The molecule has 0 bridgehead atoms. The maximum absolute atomic E-state index is 5.79. The molecule has 0 aliphatic heterocycles. The van der Waals surface area contributed by atoms with Gasteiger partial charge in [-0.2, -0.15) is 0 Å². The van der Waals surface area contributed by atoms with Crippen molar-refractivity contribution in [2.75, 3.05) is 5.73 Å². The third kappa shape index (κ3) is 2.64. The molecule has 3 heteroatoms. The molecule has 0 aliphatic rings. The molecule has 3 nitrogen and oxygen atoms in total. The maximum Gasteiger partial charge on any atom is 0.141 e. The third-order valence-corrected chi connectivity index (χ3v) is 3.62. The highest BCUT2D eigenvalue weighted by Gasteiger charge is 2.13. The third-order valence-electron chi connectivity index (χ3n) is 3.62. The Balaban J connectivity index is 2.22. The van der Waals surface area contributed by atoms with Crippen LogP contribution in [0.1, 0.15) is 19.4 Å². The molecule has 0 saturated heterocycles. The topological polar surface area (TPSA) is 43.8 Å². The van der Waals surface area contributed by atoms with E-state index in [0.29, 0.717) is 5.92 Å². The predicted molar refractivity (Wildman–Crippen MR) is 89.2 cm³/mol. The first-order valence-corrected chi connectivity index (χ1v) is 7.37. The number of nitrogens with zero attached hydrogens (tertiary/aromatic N) is 2. The molecule has 3 rings (SSSR count). The molecule has 2 N–H and O–H groups in total. The quantitative estimate of drug-likeness (QED) is 0.728. The summed E-state index contributed by atoms with van der Waals surface area (Å²) in [6.45, 7) is 7.52. The van der Waals surface area contributed by atoms with E-state index >= 15 is 0 Å². The Kier molecular flexibility index (Phi) is 3.42. The molecule has 1 heterocycles. The van der Waals surface area contributed by atoms with E-state index in [9.17, 15) is 0 Å². The molecule has 0 fully saturated rings. The Morgan fingerprint density at radius 1 is 1.10 bits per heavy atom. The number of hydrogen-bond donors (Lipinski definition) is 1. The van der Waals surface area contributed by atoms with Gasteiger partial charge in [0.25, 0.3) is 0 Å². The number of rotatable bonds is 3. The monoisotopic (exact) mass is 279 g/mol. The van der Waals surface area contributed by atoms with E-state index in [4.69, 9.17) is 10.7 Å². The second-order valence-corrected chi connectivity index (χ2v) is 6.05. The number of imidazole rings is 1. The van der Waals surface area contributed by atoms with Crippen molar-refractivity contribution in [3.63, 3.8) is 0 Å². The molecular weight excluding hydrogens is 258 g/mol. The van der Waals surface area contributed by atoms with Crippen molar-refractivity contribution in [1.82, 2.24) is 9.55 Å².